The summed E-state index contributed by atoms with van der Waals surface area (Å²) in [5.41, 5.74) is 2.00. The first kappa shape index (κ1) is 13.0. The number of hydrogen-bond acceptors (Lipinski definition) is 3. The predicted octanol–water partition coefficient (Wildman–Crippen LogP) is 3.87. The first-order valence-electron chi connectivity index (χ1n) is 5.91. The van der Waals surface area contributed by atoms with Crippen molar-refractivity contribution in [3.8, 4) is 17.0 Å². The molecule has 0 saturated carbocycles. The summed E-state index contributed by atoms with van der Waals surface area (Å²) >= 11 is 3.43. The minimum Gasteiger partial charge on any atom is -0.497 e. The topological polar surface area (TPSA) is 35.0 Å². The van der Waals surface area contributed by atoms with Crippen molar-refractivity contribution in [2.75, 3.05) is 7.11 Å². The smallest absolute Gasteiger partial charge is 0.130 e. The van der Waals surface area contributed by atoms with E-state index in [1.165, 1.54) is 0 Å². The van der Waals surface area contributed by atoms with Gasteiger partial charge in [-0.05, 0) is 52.7 Å². The van der Waals surface area contributed by atoms with Crippen LogP contribution in [0.2, 0.25) is 0 Å². The third-order valence-electron chi connectivity index (χ3n) is 2.60. The van der Waals surface area contributed by atoms with Gasteiger partial charge in [0.15, 0.2) is 0 Å². The molecule has 0 fully saturated rings. The maximum Gasteiger partial charge on any atom is 0.130 e. The Morgan fingerprint density at radius 2 is 1.89 bits per heavy atom. The second-order valence-corrected chi connectivity index (χ2v) is 4.78. The van der Waals surface area contributed by atoms with Gasteiger partial charge in [-0.2, -0.15) is 0 Å². The van der Waals surface area contributed by atoms with E-state index >= 15 is 0 Å². The van der Waals surface area contributed by atoms with Crippen molar-refractivity contribution in [2.45, 2.75) is 19.8 Å². The number of methoxy groups -OCH3 is 1. The molecule has 3 nitrogen and oxygen atoms in total. The van der Waals surface area contributed by atoms with E-state index in [1.54, 1.807) is 7.11 Å². The van der Waals surface area contributed by atoms with Crippen LogP contribution in [0.3, 0.4) is 0 Å². The molecule has 0 radical (unpaired) electrons. The van der Waals surface area contributed by atoms with E-state index in [9.17, 15) is 0 Å². The molecular formula is C14H15BrN2O. The number of hydrogen-bond donors (Lipinski definition) is 0. The normalized spacial score (nSPS) is 10.4. The zero-order valence-electron chi connectivity index (χ0n) is 10.5. The fourth-order valence-corrected chi connectivity index (χ4v) is 2.13. The van der Waals surface area contributed by atoms with Gasteiger partial charge >= 0.3 is 0 Å². The Morgan fingerprint density at radius 3 is 2.50 bits per heavy atom. The highest BCUT2D eigenvalue weighted by Gasteiger charge is 2.05. The van der Waals surface area contributed by atoms with Crippen LogP contribution in [0.1, 0.15) is 19.2 Å². The van der Waals surface area contributed by atoms with Gasteiger partial charge in [0.2, 0.25) is 0 Å². The zero-order chi connectivity index (χ0) is 13.0. The number of rotatable bonds is 4. The van der Waals surface area contributed by atoms with Crippen LogP contribution in [0.25, 0.3) is 11.3 Å². The molecule has 2 rings (SSSR count). The summed E-state index contributed by atoms with van der Waals surface area (Å²) in [7, 11) is 1.66. The number of aromatic nitrogens is 2. The number of benzene rings is 1. The number of nitrogens with zero attached hydrogens (tertiary/aromatic N) is 2. The molecule has 4 heteroatoms. The molecular weight excluding hydrogens is 292 g/mol. The van der Waals surface area contributed by atoms with E-state index in [2.05, 4.69) is 32.8 Å². The van der Waals surface area contributed by atoms with Gasteiger partial charge in [-0.1, -0.05) is 6.92 Å². The lowest BCUT2D eigenvalue weighted by Crippen LogP contribution is -1.97. The fraction of sp³-hybridized carbons (Fsp3) is 0.286. The van der Waals surface area contributed by atoms with Crippen molar-refractivity contribution in [2.24, 2.45) is 0 Å². The van der Waals surface area contributed by atoms with E-state index in [-0.39, 0.29) is 0 Å². The van der Waals surface area contributed by atoms with Crippen LogP contribution in [0.15, 0.2) is 34.9 Å². The van der Waals surface area contributed by atoms with Crippen molar-refractivity contribution in [3.05, 3.63) is 40.8 Å². The molecule has 0 bridgehead atoms. The van der Waals surface area contributed by atoms with Crippen LogP contribution in [0, 0.1) is 0 Å². The highest BCUT2D eigenvalue weighted by Crippen LogP contribution is 2.23. The van der Waals surface area contributed by atoms with Crippen LogP contribution < -0.4 is 4.74 Å². The van der Waals surface area contributed by atoms with Gasteiger partial charge in [-0.25, -0.2) is 9.97 Å². The SMILES string of the molecule is CCCc1nc(Br)cc(-c2ccc(OC)cc2)n1. The first-order valence-corrected chi connectivity index (χ1v) is 6.70. The molecule has 1 aromatic heterocycles. The lowest BCUT2D eigenvalue weighted by atomic mass is 10.1. The monoisotopic (exact) mass is 306 g/mol. The predicted molar refractivity (Wildman–Crippen MR) is 75.7 cm³/mol. The summed E-state index contributed by atoms with van der Waals surface area (Å²) in [5.74, 6) is 1.72. The summed E-state index contributed by atoms with van der Waals surface area (Å²) in [4.78, 5) is 8.93. The summed E-state index contributed by atoms with van der Waals surface area (Å²) in [6.07, 6.45) is 1.93. The minimum absolute atomic E-state index is 0.826. The molecule has 0 amide bonds. The van der Waals surface area contributed by atoms with E-state index < -0.39 is 0 Å². The van der Waals surface area contributed by atoms with Gasteiger partial charge in [0, 0.05) is 12.0 Å². The molecule has 2 aromatic rings. The van der Waals surface area contributed by atoms with Crippen molar-refractivity contribution >= 4 is 15.9 Å². The number of aryl methyl sites for hydroxylation is 1. The van der Waals surface area contributed by atoms with Gasteiger partial charge in [-0.15, -0.1) is 0 Å². The summed E-state index contributed by atoms with van der Waals surface area (Å²) < 4.78 is 5.97. The van der Waals surface area contributed by atoms with E-state index in [1.807, 2.05) is 30.3 Å². The summed E-state index contributed by atoms with van der Waals surface area (Å²) in [6.45, 7) is 2.12. The molecule has 0 saturated heterocycles. The molecule has 0 aliphatic carbocycles. The molecule has 0 atom stereocenters. The zero-order valence-corrected chi connectivity index (χ0v) is 12.1. The maximum absolute atomic E-state index is 5.15. The molecule has 0 N–H and O–H groups in total. The Labute approximate surface area is 115 Å². The first-order chi connectivity index (χ1) is 8.72. The van der Waals surface area contributed by atoms with Crippen LogP contribution in [0.4, 0.5) is 0 Å². The van der Waals surface area contributed by atoms with Gasteiger partial charge < -0.3 is 4.74 Å². The lowest BCUT2D eigenvalue weighted by Gasteiger charge is -2.06. The number of halogens is 1. The third kappa shape index (κ3) is 3.07. The molecule has 0 aliphatic rings. The Bertz CT molecular complexity index is 526. The Hall–Kier alpha value is -1.42. The van der Waals surface area contributed by atoms with Crippen LogP contribution in [-0.2, 0) is 6.42 Å². The van der Waals surface area contributed by atoms with Crippen molar-refractivity contribution < 1.29 is 4.74 Å². The molecule has 1 heterocycles. The van der Waals surface area contributed by atoms with Gasteiger partial charge in [0.05, 0.1) is 12.8 Å². The second kappa shape index (κ2) is 5.96. The highest BCUT2D eigenvalue weighted by molar-refractivity contribution is 9.10. The van der Waals surface area contributed by atoms with Crippen molar-refractivity contribution in [1.29, 1.82) is 0 Å². The average Bonchev–Trinajstić information content (AvgIpc) is 2.38. The Morgan fingerprint density at radius 1 is 1.17 bits per heavy atom. The molecule has 0 aliphatic heterocycles. The second-order valence-electron chi connectivity index (χ2n) is 3.97. The Balaban J connectivity index is 2.36. The minimum atomic E-state index is 0.826. The maximum atomic E-state index is 5.15. The van der Waals surface area contributed by atoms with E-state index in [0.717, 1.165) is 40.3 Å². The highest BCUT2D eigenvalue weighted by atomic mass is 79.9. The van der Waals surface area contributed by atoms with Crippen LogP contribution in [-0.4, -0.2) is 17.1 Å². The van der Waals surface area contributed by atoms with Crippen molar-refractivity contribution in [3.63, 3.8) is 0 Å². The quantitative estimate of drug-likeness (QED) is 0.804. The molecule has 1 aromatic carbocycles. The number of ether oxygens (including phenoxy) is 1. The standard InChI is InChI=1S/C14H15BrN2O/c1-3-4-14-16-12(9-13(15)17-14)10-5-7-11(18-2)8-6-10/h5-9H,3-4H2,1-2H3. The third-order valence-corrected chi connectivity index (χ3v) is 3.01. The van der Waals surface area contributed by atoms with Gasteiger partial charge in [-0.3, -0.25) is 0 Å². The van der Waals surface area contributed by atoms with E-state index in [0.29, 0.717) is 0 Å². The van der Waals surface area contributed by atoms with Crippen molar-refractivity contribution in [1.82, 2.24) is 9.97 Å². The van der Waals surface area contributed by atoms with Gasteiger partial charge in [0.25, 0.3) is 0 Å². The van der Waals surface area contributed by atoms with Crippen LogP contribution >= 0.6 is 15.9 Å². The van der Waals surface area contributed by atoms with E-state index in [4.69, 9.17) is 4.74 Å². The Kier molecular flexibility index (Phi) is 4.31. The van der Waals surface area contributed by atoms with Gasteiger partial charge in [0.1, 0.15) is 16.2 Å². The molecule has 0 unspecified atom stereocenters. The average molecular weight is 307 g/mol. The molecule has 18 heavy (non-hydrogen) atoms. The molecule has 94 valence electrons. The largest absolute Gasteiger partial charge is 0.497 e. The molecule has 0 spiro atoms. The van der Waals surface area contributed by atoms with Crippen LogP contribution in [0.5, 0.6) is 5.75 Å². The summed E-state index contributed by atoms with van der Waals surface area (Å²) in [5, 5.41) is 0. The summed E-state index contributed by atoms with van der Waals surface area (Å²) in [6, 6.07) is 9.81. The fourth-order valence-electron chi connectivity index (χ4n) is 1.71. The lowest BCUT2D eigenvalue weighted by molar-refractivity contribution is 0.415.